The summed E-state index contributed by atoms with van der Waals surface area (Å²) in [4.78, 5) is 5.39. The number of hydrogen-bond donors (Lipinski definition) is 2. The average Bonchev–Trinajstić information content (AvgIpc) is 2.53. The third-order valence-electron chi connectivity index (χ3n) is 2.92. The van der Waals surface area contributed by atoms with E-state index in [1.807, 2.05) is 4.83 Å². The molecule has 0 unspecified atom stereocenters. The molecule has 0 saturated carbocycles. The minimum Gasteiger partial charge on any atom is -0.494 e. The lowest BCUT2D eigenvalue weighted by Crippen LogP contribution is -2.30. The van der Waals surface area contributed by atoms with Crippen molar-refractivity contribution in [2.24, 2.45) is 0 Å². The number of sulfonamides is 1. The van der Waals surface area contributed by atoms with Gasteiger partial charge in [0.1, 0.15) is 5.75 Å². The number of alkyl halides is 3. The van der Waals surface area contributed by atoms with E-state index in [1.54, 1.807) is 6.92 Å². The van der Waals surface area contributed by atoms with Crippen molar-refractivity contribution >= 4 is 27.4 Å². The lowest BCUT2D eigenvalue weighted by atomic mass is 10.3. The highest BCUT2D eigenvalue weighted by Gasteiger charge is 2.31. The van der Waals surface area contributed by atoms with Crippen LogP contribution in [0.25, 0.3) is 0 Å². The molecule has 1 heterocycles. The van der Waals surface area contributed by atoms with Crippen molar-refractivity contribution in [1.29, 1.82) is 0 Å². The fourth-order valence-corrected chi connectivity index (χ4v) is 2.80. The zero-order valence-electron chi connectivity index (χ0n) is 12.8. The van der Waals surface area contributed by atoms with Gasteiger partial charge in [-0.1, -0.05) is 11.6 Å². The highest BCUT2D eigenvalue weighted by atomic mass is 35.5. The highest BCUT2D eigenvalue weighted by molar-refractivity contribution is 7.89. The Morgan fingerprint density at radius 1 is 1.24 bits per heavy atom. The molecule has 2 N–H and O–H groups in total. The van der Waals surface area contributed by atoms with Crippen LogP contribution in [0.1, 0.15) is 12.5 Å². The number of nitrogens with one attached hydrogen (secondary N) is 2. The number of benzene rings is 1. The van der Waals surface area contributed by atoms with Crippen molar-refractivity contribution in [3.8, 4) is 5.75 Å². The first-order valence-electron chi connectivity index (χ1n) is 6.87. The second kappa shape index (κ2) is 7.46. The molecule has 136 valence electrons. The van der Waals surface area contributed by atoms with Crippen LogP contribution >= 0.6 is 11.6 Å². The van der Waals surface area contributed by atoms with E-state index < -0.39 is 21.8 Å². The number of anilines is 1. The molecule has 1 aromatic carbocycles. The standard InChI is InChI=1S/C14H13ClF3N3O3S/c1-2-24-10-3-5-11(6-4-10)25(22,23)21-20-13-12(15)7-9(8-19-13)14(16,17)18/h3-8,21H,2H2,1H3,(H,19,20). The Bertz CT molecular complexity index is 843. The number of pyridine rings is 1. The lowest BCUT2D eigenvalue weighted by molar-refractivity contribution is -0.137. The largest absolute Gasteiger partial charge is 0.494 e. The monoisotopic (exact) mass is 395 g/mol. The topological polar surface area (TPSA) is 80.3 Å². The molecular weight excluding hydrogens is 383 g/mol. The Hall–Kier alpha value is -2.04. The Labute approximate surface area is 147 Å². The molecular formula is C14H13ClF3N3O3S. The van der Waals surface area contributed by atoms with Gasteiger partial charge >= 0.3 is 6.18 Å². The van der Waals surface area contributed by atoms with Crippen LogP contribution in [0.2, 0.25) is 5.02 Å². The summed E-state index contributed by atoms with van der Waals surface area (Å²) in [6, 6.07) is 6.22. The van der Waals surface area contributed by atoms with Crippen LogP contribution in [0.15, 0.2) is 41.4 Å². The van der Waals surface area contributed by atoms with E-state index in [9.17, 15) is 21.6 Å². The molecule has 0 atom stereocenters. The van der Waals surface area contributed by atoms with Gasteiger partial charge in [-0.25, -0.2) is 13.4 Å². The van der Waals surface area contributed by atoms with Gasteiger partial charge in [-0.05, 0) is 37.3 Å². The minimum atomic E-state index is -4.60. The van der Waals surface area contributed by atoms with Gasteiger partial charge in [0.25, 0.3) is 10.0 Å². The van der Waals surface area contributed by atoms with E-state index in [1.165, 1.54) is 24.3 Å². The van der Waals surface area contributed by atoms with Gasteiger partial charge in [0.2, 0.25) is 0 Å². The van der Waals surface area contributed by atoms with E-state index in [2.05, 4.69) is 10.4 Å². The summed E-state index contributed by atoms with van der Waals surface area (Å²) in [6.45, 7) is 2.22. The Morgan fingerprint density at radius 3 is 2.40 bits per heavy atom. The summed E-state index contributed by atoms with van der Waals surface area (Å²) >= 11 is 5.69. The molecule has 11 heteroatoms. The maximum atomic E-state index is 12.5. The Balaban J connectivity index is 2.11. The number of hydrazine groups is 1. The fourth-order valence-electron chi connectivity index (χ4n) is 1.74. The zero-order valence-corrected chi connectivity index (χ0v) is 14.3. The molecule has 0 fully saturated rings. The number of nitrogens with zero attached hydrogens (tertiary/aromatic N) is 1. The third-order valence-corrected chi connectivity index (χ3v) is 4.47. The average molecular weight is 396 g/mol. The Kier molecular flexibility index (Phi) is 5.76. The summed E-state index contributed by atoms with van der Waals surface area (Å²) in [5.41, 5.74) is 1.15. The molecule has 0 spiro atoms. The lowest BCUT2D eigenvalue weighted by Gasteiger charge is -2.12. The summed E-state index contributed by atoms with van der Waals surface area (Å²) in [5, 5.41) is -0.385. The van der Waals surface area contributed by atoms with Crippen molar-refractivity contribution < 1.29 is 26.3 Å². The van der Waals surface area contributed by atoms with E-state index in [0.717, 1.165) is 0 Å². The quantitative estimate of drug-likeness (QED) is 0.732. The summed E-state index contributed by atoms with van der Waals surface area (Å²) in [6.07, 6.45) is -4.06. The summed E-state index contributed by atoms with van der Waals surface area (Å²) < 4.78 is 67.1. The van der Waals surface area contributed by atoms with E-state index in [-0.39, 0.29) is 15.7 Å². The van der Waals surface area contributed by atoms with Crippen molar-refractivity contribution in [2.45, 2.75) is 18.0 Å². The van der Waals surface area contributed by atoms with Crippen molar-refractivity contribution in [1.82, 2.24) is 9.82 Å². The first-order chi connectivity index (χ1) is 11.6. The zero-order chi connectivity index (χ0) is 18.7. The van der Waals surface area contributed by atoms with Crippen LogP contribution in [0.3, 0.4) is 0 Å². The van der Waals surface area contributed by atoms with Gasteiger partial charge < -0.3 is 4.74 Å². The van der Waals surface area contributed by atoms with E-state index >= 15 is 0 Å². The van der Waals surface area contributed by atoms with Crippen molar-refractivity contribution in [2.75, 3.05) is 12.0 Å². The maximum absolute atomic E-state index is 12.5. The maximum Gasteiger partial charge on any atom is 0.417 e. The third kappa shape index (κ3) is 4.97. The molecule has 0 amide bonds. The molecule has 6 nitrogen and oxygen atoms in total. The predicted octanol–water partition coefficient (Wildman–Crippen LogP) is 3.46. The van der Waals surface area contributed by atoms with Gasteiger partial charge in [0.15, 0.2) is 5.82 Å². The molecule has 25 heavy (non-hydrogen) atoms. The number of aromatic nitrogens is 1. The van der Waals surface area contributed by atoms with E-state index in [4.69, 9.17) is 16.3 Å². The molecule has 0 bridgehead atoms. The van der Waals surface area contributed by atoms with Crippen LogP contribution in [-0.4, -0.2) is 20.0 Å². The molecule has 1 aromatic heterocycles. The first kappa shape index (κ1) is 19.3. The van der Waals surface area contributed by atoms with Gasteiger partial charge in [0.05, 0.1) is 22.1 Å². The molecule has 0 saturated heterocycles. The molecule has 2 aromatic rings. The first-order valence-corrected chi connectivity index (χ1v) is 8.73. The van der Waals surface area contributed by atoms with Crippen LogP contribution in [0.5, 0.6) is 5.75 Å². The van der Waals surface area contributed by atoms with Gasteiger partial charge in [-0.3, -0.25) is 5.43 Å². The smallest absolute Gasteiger partial charge is 0.417 e. The van der Waals surface area contributed by atoms with E-state index in [0.29, 0.717) is 24.6 Å². The number of hydrogen-bond acceptors (Lipinski definition) is 5. The van der Waals surface area contributed by atoms with Gasteiger partial charge in [0, 0.05) is 6.20 Å². The van der Waals surface area contributed by atoms with Gasteiger partial charge in [-0.2, -0.15) is 13.2 Å². The predicted molar refractivity (Wildman–Crippen MR) is 85.8 cm³/mol. The summed E-state index contributed by atoms with van der Waals surface area (Å²) in [7, 11) is -3.98. The van der Waals surface area contributed by atoms with Crippen LogP contribution in [0.4, 0.5) is 19.0 Å². The highest BCUT2D eigenvalue weighted by Crippen LogP contribution is 2.32. The van der Waals surface area contributed by atoms with Crippen molar-refractivity contribution in [3.05, 3.63) is 47.1 Å². The van der Waals surface area contributed by atoms with Crippen molar-refractivity contribution in [3.63, 3.8) is 0 Å². The molecule has 0 radical (unpaired) electrons. The molecule has 0 aliphatic carbocycles. The number of rotatable bonds is 6. The normalized spacial score (nSPS) is 12.0. The SMILES string of the molecule is CCOc1ccc(S(=O)(=O)NNc2ncc(C(F)(F)F)cc2Cl)cc1. The van der Waals surface area contributed by atoms with Crippen LogP contribution < -0.4 is 15.0 Å². The van der Waals surface area contributed by atoms with Crippen LogP contribution in [-0.2, 0) is 16.2 Å². The second-order valence-corrected chi connectivity index (χ2v) is 6.78. The molecule has 2 rings (SSSR count). The van der Waals surface area contributed by atoms with Gasteiger partial charge in [-0.15, -0.1) is 4.83 Å². The number of halogens is 4. The Morgan fingerprint density at radius 2 is 1.88 bits per heavy atom. The minimum absolute atomic E-state index is 0.0773. The molecule has 0 aliphatic heterocycles. The summed E-state index contributed by atoms with van der Waals surface area (Å²) in [5.74, 6) is 0.242. The fraction of sp³-hybridized carbons (Fsp3) is 0.214. The molecule has 0 aliphatic rings. The van der Waals surface area contributed by atoms with Crippen LogP contribution in [0, 0.1) is 0 Å². The number of ether oxygens (including phenoxy) is 1. The second-order valence-electron chi connectivity index (χ2n) is 4.69.